The molecule has 1 fully saturated rings. The minimum absolute atomic E-state index is 0.0825. The van der Waals surface area contributed by atoms with Gasteiger partial charge in [-0.3, -0.25) is 9.59 Å². The molecule has 6 nitrogen and oxygen atoms in total. The number of aliphatic hydroxyl groups excluding tert-OH is 1. The van der Waals surface area contributed by atoms with E-state index in [4.69, 9.17) is 9.47 Å². The fourth-order valence-corrected chi connectivity index (χ4v) is 4.44. The summed E-state index contributed by atoms with van der Waals surface area (Å²) in [6.07, 6.45) is 0.886. The average Bonchev–Trinajstić information content (AvgIpc) is 3.10. The molecule has 1 amide bonds. The first-order valence-electron chi connectivity index (χ1n) is 11.5. The topological polar surface area (TPSA) is 76.1 Å². The number of methoxy groups -OCH3 is 1. The summed E-state index contributed by atoms with van der Waals surface area (Å²) in [5, 5.41) is 13.3. The molecular formula is C28H29NO5. The van der Waals surface area contributed by atoms with E-state index in [0.717, 1.165) is 34.1 Å². The molecule has 1 saturated heterocycles. The number of benzene rings is 3. The van der Waals surface area contributed by atoms with Crippen molar-refractivity contribution in [1.29, 1.82) is 0 Å². The van der Waals surface area contributed by atoms with Crippen LogP contribution in [-0.4, -0.2) is 48.6 Å². The van der Waals surface area contributed by atoms with Crippen molar-refractivity contribution in [2.24, 2.45) is 0 Å². The molecule has 4 rings (SSSR count). The lowest BCUT2D eigenvalue weighted by atomic mass is 9.91. The number of rotatable bonds is 8. The van der Waals surface area contributed by atoms with Gasteiger partial charge in [-0.25, -0.2) is 0 Å². The zero-order valence-corrected chi connectivity index (χ0v) is 19.7. The zero-order valence-electron chi connectivity index (χ0n) is 19.7. The Balaban J connectivity index is 1.88. The number of hydrogen-bond donors (Lipinski definition) is 1. The summed E-state index contributed by atoms with van der Waals surface area (Å²) >= 11 is 0. The smallest absolute Gasteiger partial charge is 0.295 e. The van der Waals surface area contributed by atoms with E-state index in [1.54, 1.807) is 25.3 Å². The number of aliphatic hydroxyl groups is 1. The number of nitrogens with zero attached hydrogens (tertiary/aromatic N) is 1. The summed E-state index contributed by atoms with van der Waals surface area (Å²) in [5.74, 6) is -0.808. The first-order valence-corrected chi connectivity index (χ1v) is 11.5. The van der Waals surface area contributed by atoms with Crippen LogP contribution < -0.4 is 4.74 Å². The second kappa shape index (κ2) is 10.1. The highest BCUT2D eigenvalue weighted by molar-refractivity contribution is 6.46. The van der Waals surface area contributed by atoms with Gasteiger partial charge in [-0.1, -0.05) is 49.4 Å². The molecule has 1 heterocycles. The first-order chi connectivity index (χ1) is 16.5. The normalized spacial score (nSPS) is 17.5. The summed E-state index contributed by atoms with van der Waals surface area (Å²) in [6, 6.07) is 18.2. The summed E-state index contributed by atoms with van der Waals surface area (Å²) in [4.78, 5) is 27.8. The molecule has 1 aliphatic rings. The van der Waals surface area contributed by atoms with Crippen molar-refractivity contribution >= 4 is 28.2 Å². The summed E-state index contributed by atoms with van der Waals surface area (Å²) in [5.41, 5.74) is 2.18. The molecule has 0 spiro atoms. The number of aryl methyl sites for hydroxylation is 1. The number of ether oxygens (including phenoxy) is 2. The van der Waals surface area contributed by atoms with Gasteiger partial charge < -0.3 is 19.5 Å². The molecule has 1 unspecified atom stereocenters. The van der Waals surface area contributed by atoms with Crippen molar-refractivity contribution in [2.75, 3.05) is 26.9 Å². The number of amides is 1. The standard InChI is InChI=1S/C28H29NO5/c1-4-15-34-23-13-12-20(17-18(23)2)26(30)24-25(29(14-16-33-3)28(32)27(24)31)22-11-7-9-19-8-5-6-10-21(19)22/h5-13,17,25,30H,4,14-16H2,1-3H3/b26-24-. The van der Waals surface area contributed by atoms with Gasteiger partial charge in [0.05, 0.1) is 24.8 Å². The van der Waals surface area contributed by atoms with Crippen LogP contribution in [0.1, 0.15) is 36.1 Å². The molecule has 3 aromatic carbocycles. The van der Waals surface area contributed by atoms with E-state index in [9.17, 15) is 14.7 Å². The molecule has 1 atom stereocenters. The van der Waals surface area contributed by atoms with Crippen LogP contribution in [0.2, 0.25) is 0 Å². The third kappa shape index (κ3) is 4.29. The quantitative estimate of drug-likeness (QED) is 0.291. The van der Waals surface area contributed by atoms with Gasteiger partial charge >= 0.3 is 0 Å². The molecular weight excluding hydrogens is 430 g/mol. The number of Topliss-reactive ketones (excluding diaryl/α,β-unsaturated/α-hetero) is 1. The van der Waals surface area contributed by atoms with Crippen LogP contribution in [0.4, 0.5) is 0 Å². The average molecular weight is 460 g/mol. The van der Waals surface area contributed by atoms with E-state index in [2.05, 4.69) is 0 Å². The van der Waals surface area contributed by atoms with Crippen molar-refractivity contribution < 1.29 is 24.2 Å². The second-order valence-corrected chi connectivity index (χ2v) is 8.38. The second-order valence-electron chi connectivity index (χ2n) is 8.38. The lowest BCUT2D eigenvalue weighted by Gasteiger charge is -2.26. The molecule has 0 bridgehead atoms. The van der Waals surface area contributed by atoms with Crippen LogP contribution in [0, 0.1) is 6.92 Å². The van der Waals surface area contributed by atoms with Crippen molar-refractivity contribution in [1.82, 2.24) is 4.90 Å². The maximum absolute atomic E-state index is 13.2. The highest BCUT2D eigenvalue weighted by Gasteiger charge is 2.46. The van der Waals surface area contributed by atoms with Crippen molar-refractivity contribution in [3.05, 3.63) is 82.9 Å². The number of carbonyl (C=O) groups is 2. The Morgan fingerprint density at radius 2 is 1.79 bits per heavy atom. The molecule has 0 aliphatic carbocycles. The molecule has 1 N–H and O–H groups in total. The van der Waals surface area contributed by atoms with Gasteiger partial charge in [0, 0.05) is 19.2 Å². The fraction of sp³-hybridized carbons (Fsp3) is 0.286. The maximum Gasteiger partial charge on any atom is 0.295 e. The van der Waals surface area contributed by atoms with Crippen molar-refractivity contribution in [3.8, 4) is 5.75 Å². The Labute approximate surface area is 199 Å². The molecule has 176 valence electrons. The lowest BCUT2D eigenvalue weighted by molar-refractivity contribution is -0.140. The molecule has 1 aliphatic heterocycles. The number of fused-ring (bicyclic) bond motifs is 1. The van der Waals surface area contributed by atoms with Gasteiger partial charge in [0.2, 0.25) is 0 Å². The fourth-order valence-electron chi connectivity index (χ4n) is 4.44. The van der Waals surface area contributed by atoms with Crippen molar-refractivity contribution in [2.45, 2.75) is 26.3 Å². The number of ketones is 1. The molecule has 0 aromatic heterocycles. The zero-order chi connectivity index (χ0) is 24.2. The Bertz CT molecular complexity index is 1260. The van der Waals surface area contributed by atoms with Crippen LogP contribution in [0.3, 0.4) is 0 Å². The van der Waals surface area contributed by atoms with Crippen LogP contribution in [0.15, 0.2) is 66.2 Å². The van der Waals surface area contributed by atoms with Gasteiger partial charge in [-0.15, -0.1) is 0 Å². The third-order valence-electron chi connectivity index (χ3n) is 6.10. The highest BCUT2D eigenvalue weighted by Crippen LogP contribution is 2.42. The van der Waals surface area contributed by atoms with Crippen molar-refractivity contribution in [3.63, 3.8) is 0 Å². The summed E-state index contributed by atoms with van der Waals surface area (Å²) in [6.45, 7) is 5.02. The largest absolute Gasteiger partial charge is 0.507 e. The van der Waals surface area contributed by atoms with Gasteiger partial charge in [-0.2, -0.15) is 0 Å². The van der Waals surface area contributed by atoms with Gasteiger partial charge in [0.1, 0.15) is 11.5 Å². The Morgan fingerprint density at radius 1 is 1.03 bits per heavy atom. The van der Waals surface area contributed by atoms with E-state index in [1.807, 2.05) is 56.3 Å². The van der Waals surface area contributed by atoms with Gasteiger partial charge in [0.25, 0.3) is 11.7 Å². The SMILES string of the molecule is CCCOc1ccc(/C(O)=C2/C(=O)C(=O)N(CCOC)C2c2cccc3ccccc23)cc1C. The van der Waals surface area contributed by atoms with E-state index < -0.39 is 17.7 Å². The van der Waals surface area contributed by atoms with Crippen LogP contribution >= 0.6 is 0 Å². The molecule has 34 heavy (non-hydrogen) atoms. The van der Waals surface area contributed by atoms with Gasteiger partial charge in [0.15, 0.2) is 0 Å². The van der Waals surface area contributed by atoms with Crippen LogP contribution in [0.25, 0.3) is 16.5 Å². The highest BCUT2D eigenvalue weighted by atomic mass is 16.5. The first kappa shape index (κ1) is 23.5. The van der Waals surface area contributed by atoms with Gasteiger partial charge in [-0.05, 0) is 53.4 Å². The van der Waals surface area contributed by atoms with E-state index in [0.29, 0.717) is 12.2 Å². The Morgan fingerprint density at radius 3 is 2.53 bits per heavy atom. The van der Waals surface area contributed by atoms with Crippen LogP contribution in [0.5, 0.6) is 5.75 Å². The number of hydrogen-bond acceptors (Lipinski definition) is 5. The number of carbonyl (C=O) groups excluding carboxylic acids is 2. The molecule has 3 aromatic rings. The maximum atomic E-state index is 13.2. The molecule has 0 radical (unpaired) electrons. The predicted octanol–water partition coefficient (Wildman–Crippen LogP) is 5.01. The minimum Gasteiger partial charge on any atom is -0.507 e. The minimum atomic E-state index is -0.724. The third-order valence-corrected chi connectivity index (χ3v) is 6.10. The molecule has 6 heteroatoms. The monoisotopic (exact) mass is 459 g/mol. The van der Waals surface area contributed by atoms with E-state index in [-0.39, 0.29) is 24.5 Å². The predicted molar refractivity (Wildman–Crippen MR) is 132 cm³/mol. The molecule has 0 saturated carbocycles. The van der Waals surface area contributed by atoms with Crippen LogP contribution in [-0.2, 0) is 14.3 Å². The number of likely N-dealkylation sites (tertiary alicyclic amines) is 1. The van der Waals surface area contributed by atoms with E-state index >= 15 is 0 Å². The summed E-state index contributed by atoms with van der Waals surface area (Å²) < 4.78 is 10.9. The lowest BCUT2D eigenvalue weighted by Crippen LogP contribution is -2.32. The Hall–Kier alpha value is -3.64. The summed E-state index contributed by atoms with van der Waals surface area (Å²) in [7, 11) is 1.55. The Kier molecular flexibility index (Phi) is 6.98. The van der Waals surface area contributed by atoms with E-state index in [1.165, 1.54) is 4.90 Å².